The van der Waals surface area contributed by atoms with Gasteiger partial charge < -0.3 is 4.42 Å². The van der Waals surface area contributed by atoms with Gasteiger partial charge in [0, 0.05) is 20.9 Å². The summed E-state index contributed by atoms with van der Waals surface area (Å²) in [4.78, 5) is 19.4. The molecule has 4 nitrogen and oxygen atoms in total. The number of hydrogen-bond donors (Lipinski definition) is 1. The van der Waals surface area contributed by atoms with Crippen LogP contribution in [0.3, 0.4) is 0 Å². The van der Waals surface area contributed by atoms with Crippen LogP contribution in [0.15, 0.2) is 74.9 Å². The molecule has 0 bridgehead atoms. The smallest absolute Gasteiger partial charge is 0.258 e. The van der Waals surface area contributed by atoms with Crippen molar-refractivity contribution in [3.05, 3.63) is 76.0 Å². The Morgan fingerprint density at radius 2 is 2.04 bits per heavy atom. The Hall–Kier alpha value is -2.35. The second-order valence-electron chi connectivity index (χ2n) is 5.33. The Kier molecular flexibility index (Phi) is 5.19. The van der Waals surface area contributed by atoms with Gasteiger partial charge in [-0.05, 0) is 35.7 Å². The van der Waals surface area contributed by atoms with Gasteiger partial charge in [-0.25, -0.2) is 4.98 Å². The van der Waals surface area contributed by atoms with Crippen LogP contribution in [0.5, 0.6) is 0 Å². The van der Waals surface area contributed by atoms with Gasteiger partial charge in [0.05, 0.1) is 11.8 Å². The van der Waals surface area contributed by atoms with Crippen molar-refractivity contribution in [2.24, 2.45) is 0 Å². The fourth-order valence-corrected chi connectivity index (χ4v) is 4.87. The van der Waals surface area contributed by atoms with Gasteiger partial charge in [-0.2, -0.15) is 0 Å². The summed E-state index contributed by atoms with van der Waals surface area (Å²) in [7, 11) is 0. The monoisotopic (exact) mass is 398 g/mol. The maximum atomic E-state index is 12.7. The number of nitrogens with zero attached hydrogens (tertiary/aromatic N) is 1. The molecular formula is C19H14N2O2S3. The summed E-state index contributed by atoms with van der Waals surface area (Å²) in [5, 5.41) is 7.38. The van der Waals surface area contributed by atoms with E-state index in [1.165, 1.54) is 16.2 Å². The quantitative estimate of drug-likeness (QED) is 0.404. The van der Waals surface area contributed by atoms with Gasteiger partial charge in [0.15, 0.2) is 10.9 Å². The Balaban J connectivity index is 1.48. The van der Waals surface area contributed by atoms with Gasteiger partial charge in [-0.3, -0.25) is 10.1 Å². The van der Waals surface area contributed by atoms with Gasteiger partial charge in [0.25, 0.3) is 5.91 Å². The Morgan fingerprint density at radius 3 is 2.85 bits per heavy atom. The largest absolute Gasteiger partial charge is 0.463 e. The van der Waals surface area contributed by atoms with Crippen LogP contribution in [0.4, 0.5) is 5.13 Å². The number of thiophene rings is 1. The van der Waals surface area contributed by atoms with Gasteiger partial charge in [0.1, 0.15) is 5.69 Å². The molecule has 0 aliphatic carbocycles. The molecule has 26 heavy (non-hydrogen) atoms. The molecule has 0 fully saturated rings. The van der Waals surface area contributed by atoms with E-state index in [1.54, 1.807) is 29.4 Å². The number of carbonyl (C=O) groups is 1. The molecule has 3 heterocycles. The molecule has 0 saturated heterocycles. The minimum atomic E-state index is -0.153. The van der Waals surface area contributed by atoms with Crippen molar-refractivity contribution in [3.8, 4) is 11.5 Å². The van der Waals surface area contributed by atoms with Crippen LogP contribution in [0, 0.1) is 0 Å². The summed E-state index contributed by atoms with van der Waals surface area (Å²) in [5.74, 6) is 1.38. The number of rotatable bonds is 6. The molecule has 4 rings (SSSR count). The molecule has 0 atom stereocenters. The Bertz CT molecular complexity index is 992. The van der Waals surface area contributed by atoms with Crippen molar-refractivity contribution >= 4 is 45.5 Å². The predicted molar refractivity (Wildman–Crippen MR) is 108 cm³/mol. The first kappa shape index (κ1) is 17.1. The van der Waals surface area contributed by atoms with Crippen molar-refractivity contribution < 1.29 is 9.21 Å². The highest BCUT2D eigenvalue weighted by Gasteiger charge is 2.14. The molecule has 130 valence electrons. The lowest BCUT2D eigenvalue weighted by Gasteiger charge is -2.08. The molecule has 0 unspecified atom stereocenters. The number of benzene rings is 1. The zero-order chi connectivity index (χ0) is 17.8. The number of thioether (sulfide) groups is 1. The third-order valence-corrected chi connectivity index (χ3v) is 6.52. The molecule has 0 saturated carbocycles. The molecule has 0 spiro atoms. The average molecular weight is 399 g/mol. The van der Waals surface area contributed by atoms with E-state index in [4.69, 9.17) is 4.42 Å². The summed E-state index contributed by atoms with van der Waals surface area (Å²) in [6, 6.07) is 15.4. The molecule has 4 aromatic rings. The van der Waals surface area contributed by atoms with E-state index >= 15 is 0 Å². The third-order valence-electron chi connectivity index (χ3n) is 3.58. The molecule has 0 aliphatic heterocycles. The zero-order valence-corrected chi connectivity index (χ0v) is 16.0. The summed E-state index contributed by atoms with van der Waals surface area (Å²) in [5.41, 5.74) is 1.37. The van der Waals surface area contributed by atoms with Crippen LogP contribution in [-0.4, -0.2) is 10.9 Å². The Morgan fingerprint density at radius 1 is 1.12 bits per heavy atom. The molecule has 1 N–H and O–H groups in total. The molecule has 0 radical (unpaired) electrons. The van der Waals surface area contributed by atoms with Crippen LogP contribution in [0.2, 0.25) is 0 Å². The van der Waals surface area contributed by atoms with Crippen LogP contribution >= 0.6 is 34.4 Å². The lowest BCUT2D eigenvalue weighted by molar-refractivity contribution is 0.102. The SMILES string of the molecule is O=C(Nc1nc(-c2ccco2)cs1)c1ccccc1SCc1cccs1. The minimum absolute atomic E-state index is 0.153. The summed E-state index contributed by atoms with van der Waals surface area (Å²) < 4.78 is 5.34. The van der Waals surface area contributed by atoms with E-state index in [0.29, 0.717) is 16.5 Å². The normalized spacial score (nSPS) is 10.8. The van der Waals surface area contributed by atoms with Gasteiger partial charge >= 0.3 is 0 Å². The average Bonchev–Trinajstić information content (AvgIpc) is 3.41. The maximum Gasteiger partial charge on any atom is 0.258 e. The molecular weight excluding hydrogens is 384 g/mol. The van der Waals surface area contributed by atoms with Gasteiger partial charge in [-0.15, -0.1) is 34.4 Å². The van der Waals surface area contributed by atoms with E-state index in [0.717, 1.165) is 16.3 Å². The minimum Gasteiger partial charge on any atom is -0.463 e. The summed E-state index contributed by atoms with van der Waals surface area (Å²) in [6.07, 6.45) is 1.61. The fourth-order valence-electron chi connectivity index (χ4n) is 2.36. The van der Waals surface area contributed by atoms with Crippen molar-refractivity contribution in [2.45, 2.75) is 10.6 Å². The molecule has 3 aromatic heterocycles. The zero-order valence-electron chi connectivity index (χ0n) is 13.5. The molecule has 1 aromatic carbocycles. The number of nitrogens with one attached hydrogen (secondary N) is 1. The lowest BCUT2D eigenvalue weighted by atomic mass is 10.2. The molecule has 1 amide bonds. The maximum absolute atomic E-state index is 12.7. The number of aromatic nitrogens is 1. The topological polar surface area (TPSA) is 55.1 Å². The number of furan rings is 1. The summed E-state index contributed by atoms with van der Waals surface area (Å²) in [6.45, 7) is 0. The molecule has 7 heteroatoms. The number of thiazole rings is 1. The lowest BCUT2D eigenvalue weighted by Crippen LogP contribution is -2.12. The highest BCUT2D eigenvalue weighted by atomic mass is 32.2. The van der Waals surface area contributed by atoms with Crippen LogP contribution in [0.1, 0.15) is 15.2 Å². The first-order chi connectivity index (χ1) is 12.8. The fraction of sp³-hybridized carbons (Fsp3) is 0.0526. The van der Waals surface area contributed by atoms with Crippen LogP contribution < -0.4 is 5.32 Å². The highest BCUT2D eigenvalue weighted by Crippen LogP contribution is 2.29. The Labute approximate surface area is 162 Å². The van der Waals surface area contributed by atoms with Crippen molar-refractivity contribution in [3.63, 3.8) is 0 Å². The predicted octanol–water partition coefficient (Wildman–Crippen LogP) is 6.01. The number of hydrogen-bond acceptors (Lipinski definition) is 6. The van der Waals surface area contributed by atoms with Crippen LogP contribution in [-0.2, 0) is 5.75 Å². The van der Waals surface area contributed by atoms with E-state index in [-0.39, 0.29) is 5.91 Å². The van der Waals surface area contributed by atoms with Crippen molar-refractivity contribution in [1.82, 2.24) is 4.98 Å². The number of anilines is 1. The van der Waals surface area contributed by atoms with Gasteiger partial charge in [0.2, 0.25) is 0 Å². The van der Waals surface area contributed by atoms with E-state index in [9.17, 15) is 4.79 Å². The highest BCUT2D eigenvalue weighted by molar-refractivity contribution is 7.98. The second-order valence-corrected chi connectivity index (χ2v) is 8.24. The number of carbonyl (C=O) groups excluding carboxylic acids is 1. The summed E-state index contributed by atoms with van der Waals surface area (Å²) >= 11 is 4.77. The van der Waals surface area contributed by atoms with Crippen molar-refractivity contribution in [2.75, 3.05) is 5.32 Å². The van der Waals surface area contributed by atoms with Crippen LogP contribution in [0.25, 0.3) is 11.5 Å². The third kappa shape index (κ3) is 3.90. The van der Waals surface area contributed by atoms with E-state index in [2.05, 4.69) is 21.7 Å². The van der Waals surface area contributed by atoms with E-state index < -0.39 is 0 Å². The van der Waals surface area contributed by atoms with E-state index in [1.807, 2.05) is 47.8 Å². The first-order valence-corrected chi connectivity index (χ1v) is 10.6. The molecule has 0 aliphatic rings. The number of amides is 1. The standard InChI is InChI=1S/C19H14N2O2S3/c22-18(21-19-20-15(12-26-19)16-7-3-9-23-16)14-6-1-2-8-17(14)25-11-13-5-4-10-24-13/h1-10,12H,11H2,(H,20,21,22). The second kappa shape index (κ2) is 7.90. The van der Waals surface area contributed by atoms with Crippen molar-refractivity contribution in [1.29, 1.82) is 0 Å². The first-order valence-electron chi connectivity index (χ1n) is 7.84. The van der Waals surface area contributed by atoms with Gasteiger partial charge in [-0.1, -0.05) is 18.2 Å².